The highest BCUT2D eigenvalue weighted by Crippen LogP contribution is 2.25. The minimum Gasteiger partial charge on any atom is -0.384 e. The molecule has 0 saturated carbocycles. The second-order valence-electron chi connectivity index (χ2n) is 5.26. The van der Waals surface area contributed by atoms with E-state index in [4.69, 9.17) is 0 Å². The Morgan fingerprint density at radius 3 is 2.38 bits per heavy atom. The second kappa shape index (κ2) is 7.24. The Morgan fingerprint density at radius 2 is 1.76 bits per heavy atom. The lowest BCUT2D eigenvalue weighted by molar-refractivity contribution is 0.196. The first-order chi connectivity index (χ1) is 10.1. The number of sulfonamides is 1. The molecule has 1 heterocycles. The summed E-state index contributed by atoms with van der Waals surface area (Å²) in [5, 5.41) is 3.21. The molecule has 0 aromatic heterocycles. The largest absolute Gasteiger partial charge is 0.384 e. The van der Waals surface area contributed by atoms with Crippen LogP contribution in [0.4, 0.5) is 5.69 Å². The fourth-order valence-corrected chi connectivity index (χ4v) is 4.11. The molecule has 0 spiro atoms. The van der Waals surface area contributed by atoms with Crippen LogP contribution >= 0.6 is 0 Å². The Balaban J connectivity index is 2.20. The molecular formula is C15H25N3O2S. The predicted octanol–water partition coefficient (Wildman–Crippen LogP) is 1.83. The Kier molecular flexibility index (Phi) is 5.61. The van der Waals surface area contributed by atoms with Gasteiger partial charge in [0.15, 0.2) is 0 Å². The summed E-state index contributed by atoms with van der Waals surface area (Å²) in [4.78, 5) is 2.66. The van der Waals surface area contributed by atoms with Crippen molar-refractivity contribution in [2.24, 2.45) is 0 Å². The molecule has 21 heavy (non-hydrogen) atoms. The molecule has 1 aliphatic rings. The van der Waals surface area contributed by atoms with E-state index in [0.717, 1.165) is 32.6 Å². The van der Waals surface area contributed by atoms with Gasteiger partial charge in [-0.25, -0.2) is 8.42 Å². The lowest BCUT2D eigenvalue weighted by atomic mass is 10.3. The second-order valence-corrected chi connectivity index (χ2v) is 7.17. The summed E-state index contributed by atoms with van der Waals surface area (Å²) in [6, 6.07) is 7.18. The van der Waals surface area contributed by atoms with Crippen LogP contribution in [0.5, 0.6) is 0 Å². The van der Waals surface area contributed by atoms with E-state index in [2.05, 4.69) is 24.1 Å². The molecule has 6 heteroatoms. The minimum absolute atomic E-state index is 0.392. The first-order valence-corrected chi connectivity index (χ1v) is 9.09. The van der Waals surface area contributed by atoms with E-state index < -0.39 is 10.0 Å². The molecule has 5 nitrogen and oxygen atoms in total. The lowest BCUT2D eigenvalue weighted by Crippen LogP contribution is -2.48. The van der Waals surface area contributed by atoms with Crippen molar-refractivity contribution in [1.29, 1.82) is 0 Å². The fraction of sp³-hybridized carbons (Fsp3) is 0.600. The average molecular weight is 311 g/mol. The summed E-state index contributed by atoms with van der Waals surface area (Å²) in [7, 11) is -3.41. The third kappa shape index (κ3) is 3.75. The fourth-order valence-electron chi connectivity index (χ4n) is 2.52. The third-order valence-electron chi connectivity index (χ3n) is 3.85. The summed E-state index contributed by atoms with van der Waals surface area (Å²) in [6.45, 7) is 8.66. The minimum atomic E-state index is -3.41. The van der Waals surface area contributed by atoms with Crippen molar-refractivity contribution in [2.45, 2.75) is 25.2 Å². The normalized spacial score (nSPS) is 17.8. The summed E-state index contributed by atoms with van der Waals surface area (Å²) in [6.07, 6.45) is 0.962. The van der Waals surface area contributed by atoms with Crippen LogP contribution in [0.25, 0.3) is 0 Å². The lowest BCUT2D eigenvalue weighted by Gasteiger charge is -2.33. The van der Waals surface area contributed by atoms with Crippen LogP contribution in [0.1, 0.15) is 20.3 Å². The van der Waals surface area contributed by atoms with E-state index in [9.17, 15) is 8.42 Å². The first-order valence-electron chi connectivity index (χ1n) is 7.65. The van der Waals surface area contributed by atoms with Crippen molar-refractivity contribution in [2.75, 3.05) is 44.6 Å². The maximum atomic E-state index is 12.8. The van der Waals surface area contributed by atoms with Crippen LogP contribution in [-0.2, 0) is 10.0 Å². The maximum Gasteiger partial charge on any atom is 0.245 e. The molecule has 0 aliphatic carbocycles. The average Bonchev–Trinajstić information content (AvgIpc) is 2.53. The Morgan fingerprint density at radius 1 is 1.10 bits per heavy atom. The van der Waals surface area contributed by atoms with Crippen LogP contribution in [0, 0.1) is 0 Å². The highest BCUT2D eigenvalue weighted by Gasteiger charge is 2.29. The molecule has 0 radical (unpaired) electrons. The van der Waals surface area contributed by atoms with Gasteiger partial charge >= 0.3 is 0 Å². The Hall–Kier alpha value is -1.11. The van der Waals surface area contributed by atoms with E-state index >= 15 is 0 Å². The molecule has 1 saturated heterocycles. The summed E-state index contributed by atoms with van der Waals surface area (Å²) in [5.41, 5.74) is 0.706. The molecule has 0 atom stereocenters. The molecule has 1 N–H and O–H groups in total. The zero-order valence-electron chi connectivity index (χ0n) is 12.9. The van der Waals surface area contributed by atoms with Crippen LogP contribution in [0.2, 0.25) is 0 Å². The SMILES string of the molecule is CCCNc1ccccc1S(=O)(=O)N1CCN(CC)CC1. The number of rotatable bonds is 6. The number of hydrogen-bond acceptors (Lipinski definition) is 4. The zero-order valence-corrected chi connectivity index (χ0v) is 13.7. The molecule has 1 aromatic rings. The van der Waals surface area contributed by atoms with Gasteiger partial charge in [0.2, 0.25) is 10.0 Å². The number of nitrogens with one attached hydrogen (secondary N) is 1. The van der Waals surface area contributed by atoms with Crippen LogP contribution < -0.4 is 5.32 Å². The van der Waals surface area contributed by atoms with Gasteiger partial charge in [0, 0.05) is 32.7 Å². The third-order valence-corrected chi connectivity index (χ3v) is 5.81. The van der Waals surface area contributed by atoms with Crippen LogP contribution in [0.15, 0.2) is 29.2 Å². The molecule has 0 bridgehead atoms. The van der Waals surface area contributed by atoms with Gasteiger partial charge in [0.05, 0.1) is 5.69 Å². The zero-order chi connectivity index (χ0) is 15.3. The van der Waals surface area contributed by atoms with Crippen molar-refractivity contribution >= 4 is 15.7 Å². The molecule has 1 aliphatic heterocycles. The molecule has 0 unspecified atom stereocenters. The monoisotopic (exact) mass is 311 g/mol. The molecular weight excluding hydrogens is 286 g/mol. The maximum absolute atomic E-state index is 12.8. The molecule has 2 rings (SSSR count). The number of piperazine rings is 1. The quantitative estimate of drug-likeness (QED) is 0.871. The summed E-state index contributed by atoms with van der Waals surface area (Å²) < 4.78 is 27.3. The van der Waals surface area contributed by atoms with Gasteiger partial charge in [-0.2, -0.15) is 4.31 Å². The van der Waals surface area contributed by atoms with Gasteiger partial charge in [0.1, 0.15) is 4.90 Å². The number of hydrogen-bond donors (Lipinski definition) is 1. The predicted molar refractivity (Wildman–Crippen MR) is 86.1 cm³/mol. The number of benzene rings is 1. The van der Waals surface area contributed by atoms with Gasteiger partial charge in [-0.05, 0) is 25.1 Å². The summed E-state index contributed by atoms with van der Waals surface area (Å²) >= 11 is 0. The number of nitrogens with zero attached hydrogens (tertiary/aromatic N) is 2. The molecule has 1 fully saturated rings. The topological polar surface area (TPSA) is 52.7 Å². The van der Waals surface area contributed by atoms with Crippen molar-refractivity contribution in [1.82, 2.24) is 9.21 Å². The smallest absolute Gasteiger partial charge is 0.245 e. The van der Waals surface area contributed by atoms with Gasteiger partial charge in [-0.3, -0.25) is 0 Å². The number of anilines is 1. The van der Waals surface area contributed by atoms with E-state index in [-0.39, 0.29) is 0 Å². The van der Waals surface area contributed by atoms with E-state index in [0.29, 0.717) is 23.7 Å². The molecule has 1 aromatic carbocycles. The van der Waals surface area contributed by atoms with E-state index in [1.807, 2.05) is 12.1 Å². The van der Waals surface area contributed by atoms with E-state index in [1.54, 1.807) is 16.4 Å². The Bertz CT molecular complexity index is 552. The van der Waals surface area contributed by atoms with Gasteiger partial charge in [-0.15, -0.1) is 0 Å². The Labute approximate surface area is 128 Å². The molecule has 0 amide bonds. The number of likely N-dealkylation sites (N-methyl/N-ethyl adjacent to an activating group) is 1. The highest BCUT2D eigenvalue weighted by molar-refractivity contribution is 7.89. The first kappa shape index (κ1) is 16.3. The van der Waals surface area contributed by atoms with Crippen molar-refractivity contribution in [3.8, 4) is 0 Å². The highest BCUT2D eigenvalue weighted by atomic mass is 32.2. The molecule has 118 valence electrons. The standard InChI is InChI=1S/C15H25N3O2S/c1-3-9-16-14-7-5-6-8-15(14)21(19,20)18-12-10-17(4-2)11-13-18/h5-8,16H,3-4,9-13H2,1-2H3. The van der Waals surface area contributed by atoms with Crippen molar-refractivity contribution in [3.05, 3.63) is 24.3 Å². The van der Waals surface area contributed by atoms with Gasteiger partial charge in [-0.1, -0.05) is 26.0 Å². The van der Waals surface area contributed by atoms with Crippen molar-refractivity contribution in [3.63, 3.8) is 0 Å². The summed E-state index contributed by atoms with van der Waals surface area (Å²) in [5.74, 6) is 0. The van der Waals surface area contributed by atoms with Crippen molar-refractivity contribution < 1.29 is 8.42 Å². The van der Waals surface area contributed by atoms with Crippen LogP contribution in [0.3, 0.4) is 0 Å². The van der Waals surface area contributed by atoms with Gasteiger partial charge in [0.25, 0.3) is 0 Å². The van der Waals surface area contributed by atoms with E-state index in [1.165, 1.54) is 0 Å². The van der Waals surface area contributed by atoms with Gasteiger partial charge < -0.3 is 10.2 Å². The number of para-hydroxylation sites is 1. The van der Waals surface area contributed by atoms with Crippen LogP contribution in [-0.4, -0.2) is 56.9 Å².